The molecule has 0 aromatic heterocycles. The molecule has 0 aromatic carbocycles. The zero-order valence-electron chi connectivity index (χ0n) is 15.4. The summed E-state index contributed by atoms with van der Waals surface area (Å²) < 4.78 is 4.96. The summed E-state index contributed by atoms with van der Waals surface area (Å²) in [5.74, 6) is -0.490. The van der Waals surface area contributed by atoms with Crippen molar-refractivity contribution in [1.29, 1.82) is 0 Å². The van der Waals surface area contributed by atoms with Gasteiger partial charge in [-0.2, -0.15) is 0 Å². The number of likely N-dealkylation sites (N-methyl/N-ethyl adjacent to an activating group) is 1. The SMILES string of the molecule is CCOC(=O)N1CCN(C(=O)C(C)(C)C(=O)NCCN(C)C)CC1. The van der Waals surface area contributed by atoms with Crippen molar-refractivity contribution >= 4 is 17.9 Å². The third-order valence-corrected chi connectivity index (χ3v) is 4.04. The number of carbonyl (C=O) groups is 3. The molecule has 24 heavy (non-hydrogen) atoms. The molecule has 0 atom stereocenters. The lowest BCUT2D eigenvalue weighted by Crippen LogP contribution is -2.56. The van der Waals surface area contributed by atoms with Crippen LogP contribution in [0.3, 0.4) is 0 Å². The Morgan fingerprint density at radius 3 is 2.12 bits per heavy atom. The van der Waals surface area contributed by atoms with E-state index < -0.39 is 5.41 Å². The van der Waals surface area contributed by atoms with Crippen LogP contribution in [-0.4, -0.2) is 92.6 Å². The molecule has 0 saturated carbocycles. The molecule has 0 aromatic rings. The van der Waals surface area contributed by atoms with E-state index in [1.54, 1.807) is 30.6 Å². The first kappa shape index (κ1) is 20.2. The predicted molar refractivity (Wildman–Crippen MR) is 90.5 cm³/mol. The fourth-order valence-corrected chi connectivity index (χ4v) is 2.41. The van der Waals surface area contributed by atoms with Crippen molar-refractivity contribution < 1.29 is 19.1 Å². The smallest absolute Gasteiger partial charge is 0.409 e. The number of hydrogen-bond donors (Lipinski definition) is 1. The van der Waals surface area contributed by atoms with Gasteiger partial charge in [0.05, 0.1) is 6.61 Å². The van der Waals surface area contributed by atoms with Gasteiger partial charge in [-0.25, -0.2) is 4.79 Å². The van der Waals surface area contributed by atoms with Crippen LogP contribution in [0.1, 0.15) is 20.8 Å². The average Bonchev–Trinajstić information content (AvgIpc) is 2.54. The van der Waals surface area contributed by atoms with Crippen molar-refractivity contribution in [3.63, 3.8) is 0 Å². The number of rotatable bonds is 6. The van der Waals surface area contributed by atoms with Crippen LogP contribution in [-0.2, 0) is 14.3 Å². The molecule has 0 unspecified atom stereocenters. The minimum absolute atomic E-state index is 0.214. The molecule has 8 heteroatoms. The van der Waals surface area contributed by atoms with Crippen LogP contribution < -0.4 is 5.32 Å². The number of carbonyl (C=O) groups excluding carboxylic acids is 3. The molecule has 1 heterocycles. The van der Waals surface area contributed by atoms with Gasteiger partial charge in [-0.3, -0.25) is 9.59 Å². The van der Waals surface area contributed by atoms with Crippen LogP contribution in [0.15, 0.2) is 0 Å². The summed E-state index contributed by atoms with van der Waals surface area (Å²) in [6.45, 7) is 8.24. The fraction of sp³-hybridized carbons (Fsp3) is 0.812. The van der Waals surface area contributed by atoms with Crippen molar-refractivity contribution in [2.24, 2.45) is 5.41 Å². The predicted octanol–water partition coefficient (Wildman–Crippen LogP) is -0.00890. The Morgan fingerprint density at radius 1 is 1.08 bits per heavy atom. The molecular weight excluding hydrogens is 312 g/mol. The second-order valence-corrected chi connectivity index (χ2v) is 6.66. The van der Waals surface area contributed by atoms with Gasteiger partial charge in [-0.1, -0.05) is 0 Å². The lowest BCUT2D eigenvalue weighted by Gasteiger charge is -2.37. The standard InChI is InChI=1S/C16H30N4O4/c1-6-24-15(23)20-11-9-19(10-12-20)14(22)16(2,3)13(21)17-7-8-18(4)5/h6-12H2,1-5H3,(H,17,21). The maximum absolute atomic E-state index is 12.7. The Balaban J connectivity index is 2.53. The highest BCUT2D eigenvalue weighted by Gasteiger charge is 2.40. The van der Waals surface area contributed by atoms with Crippen LogP contribution in [0.2, 0.25) is 0 Å². The minimum atomic E-state index is -1.13. The summed E-state index contributed by atoms with van der Waals surface area (Å²) in [5.41, 5.74) is -1.13. The van der Waals surface area contributed by atoms with Crippen molar-refractivity contribution in [2.75, 3.05) is 60.0 Å². The first-order valence-corrected chi connectivity index (χ1v) is 8.34. The minimum Gasteiger partial charge on any atom is -0.450 e. The van der Waals surface area contributed by atoms with Gasteiger partial charge in [0.1, 0.15) is 5.41 Å². The highest BCUT2D eigenvalue weighted by molar-refractivity contribution is 6.04. The van der Waals surface area contributed by atoms with E-state index in [1.165, 1.54) is 0 Å². The van der Waals surface area contributed by atoms with E-state index >= 15 is 0 Å². The van der Waals surface area contributed by atoms with E-state index in [0.717, 1.165) is 0 Å². The Bertz CT molecular complexity index is 457. The molecule has 1 aliphatic rings. The maximum atomic E-state index is 12.7. The topological polar surface area (TPSA) is 82.2 Å². The lowest BCUT2D eigenvalue weighted by molar-refractivity contribution is -0.149. The van der Waals surface area contributed by atoms with Gasteiger partial charge in [-0.05, 0) is 34.9 Å². The van der Waals surface area contributed by atoms with Gasteiger partial charge < -0.3 is 24.8 Å². The van der Waals surface area contributed by atoms with E-state index in [4.69, 9.17) is 4.74 Å². The van der Waals surface area contributed by atoms with Crippen molar-refractivity contribution in [1.82, 2.24) is 20.0 Å². The summed E-state index contributed by atoms with van der Waals surface area (Å²) >= 11 is 0. The van der Waals surface area contributed by atoms with Crippen LogP contribution in [0, 0.1) is 5.41 Å². The summed E-state index contributed by atoms with van der Waals surface area (Å²) in [4.78, 5) is 41.9. The molecule has 138 valence electrons. The Kier molecular flexibility index (Phi) is 7.47. The normalized spacial score (nSPS) is 15.4. The highest BCUT2D eigenvalue weighted by Crippen LogP contribution is 2.20. The molecule has 0 spiro atoms. The molecule has 8 nitrogen and oxygen atoms in total. The Morgan fingerprint density at radius 2 is 1.62 bits per heavy atom. The molecule has 0 bridgehead atoms. The average molecular weight is 342 g/mol. The monoisotopic (exact) mass is 342 g/mol. The zero-order chi connectivity index (χ0) is 18.3. The molecule has 0 aliphatic carbocycles. The van der Waals surface area contributed by atoms with Gasteiger partial charge in [0.25, 0.3) is 0 Å². The Labute approximate surface area is 144 Å². The first-order valence-electron chi connectivity index (χ1n) is 8.34. The quantitative estimate of drug-likeness (QED) is 0.687. The van der Waals surface area contributed by atoms with E-state index in [1.807, 2.05) is 19.0 Å². The number of nitrogens with zero attached hydrogens (tertiary/aromatic N) is 3. The summed E-state index contributed by atoms with van der Waals surface area (Å²) in [7, 11) is 3.84. The van der Waals surface area contributed by atoms with Crippen LogP contribution in [0.4, 0.5) is 4.79 Å². The number of piperazine rings is 1. The molecule has 1 aliphatic heterocycles. The Hall–Kier alpha value is -1.83. The zero-order valence-corrected chi connectivity index (χ0v) is 15.4. The lowest BCUT2D eigenvalue weighted by atomic mass is 9.90. The summed E-state index contributed by atoms with van der Waals surface area (Å²) in [5, 5.41) is 2.81. The molecule has 3 amide bonds. The summed E-state index contributed by atoms with van der Waals surface area (Å²) in [6, 6.07) is 0. The largest absolute Gasteiger partial charge is 0.450 e. The van der Waals surface area contributed by atoms with Gasteiger partial charge >= 0.3 is 6.09 Å². The second kappa shape index (κ2) is 8.86. The number of ether oxygens (including phenoxy) is 1. The summed E-state index contributed by atoms with van der Waals surface area (Å²) in [6.07, 6.45) is -0.356. The van der Waals surface area contributed by atoms with Crippen LogP contribution in [0.25, 0.3) is 0 Å². The molecule has 1 N–H and O–H groups in total. The highest BCUT2D eigenvalue weighted by atomic mass is 16.6. The number of amides is 3. The van der Waals surface area contributed by atoms with E-state index in [2.05, 4.69) is 5.32 Å². The third kappa shape index (κ3) is 5.36. The van der Waals surface area contributed by atoms with Gasteiger partial charge in [-0.15, -0.1) is 0 Å². The van der Waals surface area contributed by atoms with E-state index in [-0.39, 0.29) is 17.9 Å². The van der Waals surface area contributed by atoms with E-state index in [9.17, 15) is 14.4 Å². The van der Waals surface area contributed by atoms with Gasteiger partial charge in [0.15, 0.2) is 0 Å². The number of nitrogens with one attached hydrogen (secondary N) is 1. The van der Waals surface area contributed by atoms with Crippen molar-refractivity contribution in [3.8, 4) is 0 Å². The number of hydrogen-bond acceptors (Lipinski definition) is 5. The van der Waals surface area contributed by atoms with Gasteiger partial charge in [0.2, 0.25) is 11.8 Å². The van der Waals surface area contributed by atoms with E-state index in [0.29, 0.717) is 45.9 Å². The molecule has 1 fully saturated rings. The van der Waals surface area contributed by atoms with Gasteiger partial charge in [0, 0.05) is 39.3 Å². The second-order valence-electron chi connectivity index (χ2n) is 6.66. The molecule has 0 radical (unpaired) electrons. The molecule has 1 saturated heterocycles. The molecular formula is C16H30N4O4. The third-order valence-electron chi connectivity index (χ3n) is 4.04. The maximum Gasteiger partial charge on any atom is 0.409 e. The van der Waals surface area contributed by atoms with Crippen LogP contribution >= 0.6 is 0 Å². The van der Waals surface area contributed by atoms with Crippen molar-refractivity contribution in [2.45, 2.75) is 20.8 Å². The molecule has 1 rings (SSSR count). The van der Waals surface area contributed by atoms with Crippen molar-refractivity contribution in [3.05, 3.63) is 0 Å². The van der Waals surface area contributed by atoms with Crippen LogP contribution in [0.5, 0.6) is 0 Å². The first-order chi connectivity index (χ1) is 11.2. The fourth-order valence-electron chi connectivity index (χ4n) is 2.41.